The van der Waals surface area contributed by atoms with E-state index < -0.39 is 0 Å². The SMILES string of the molecule is CCOC(=O)c1cccnc1-c1ccccc1-c1ccccc1. The number of benzene rings is 2. The van der Waals surface area contributed by atoms with Crippen LogP contribution in [0.1, 0.15) is 17.3 Å². The first-order valence-corrected chi connectivity index (χ1v) is 7.58. The summed E-state index contributed by atoms with van der Waals surface area (Å²) in [6.07, 6.45) is 1.69. The summed E-state index contributed by atoms with van der Waals surface area (Å²) < 4.78 is 5.16. The number of hydrogen-bond acceptors (Lipinski definition) is 3. The third kappa shape index (κ3) is 3.14. The Bertz CT molecular complexity index is 813. The minimum atomic E-state index is -0.349. The molecule has 23 heavy (non-hydrogen) atoms. The minimum Gasteiger partial charge on any atom is -0.462 e. The monoisotopic (exact) mass is 303 g/mol. The van der Waals surface area contributed by atoms with Gasteiger partial charge < -0.3 is 4.74 Å². The molecule has 3 aromatic rings. The first kappa shape index (κ1) is 15.0. The highest BCUT2D eigenvalue weighted by Crippen LogP contribution is 2.32. The normalized spacial score (nSPS) is 10.3. The Morgan fingerprint density at radius 1 is 0.913 bits per heavy atom. The Hall–Kier alpha value is -2.94. The molecule has 3 rings (SSSR count). The van der Waals surface area contributed by atoms with Crippen molar-refractivity contribution in [1.82, 2.24) is 4.98 Å². The predicted molar refractivity (Wildman–Crippen MR) is 91.1 cm³/mol. The van der Waals surface area contributed by atoms with Crippen molar-refractivity contribution >= 4 is 5.97 Å². The van der Waals surface area contributed by atoms with E-state index in [-0.39, 0.29) is 5.97 Å². The molecular formula is C20H17NO2. The van der Waals surface area contributed by atoms with Gasteiger partial charge in [0.05, 0.1) is 17.9 Å². The molecule has 0 fully saturated rings. The molecule has 0 aliphatic carbocycles. The molecule has 2 aromatic carbocycles. The molecule has 3 nitrogen and oxygen atoms in total. The second-order valence-corrected chi connectivity index (χ2v) is 5.03. The third-order valence-electron chi connectivity index (χ3n) is 3.57. The van der Waals surface area contributed by atoms with Gasteiger partial charge in [-0.3, -0.25) is 4.98 Å². The zero-order chi connectivity index (χ0) is 16.1. The van der Waals surface area contributed by atoms with Gasteiger partial charge in [-0.15, -0.1) is 0 Å². The quantitative estimate of drug-likeness (QED) is 0.662. The highest BCUT2D eigenvalue weighted by atomic mass is 16.5. The van der Waals surface area contributed by atoms with Crippen LogP contribution in [0.3, 0.4) is 0 Å². The van der Waals surface area contributed by atoms with E-state index in [9.17, 15) is 4.79 Å². The fourth-order valence-corrected chi connectivity index (χ4v) is 2.55. The molecule has 0 amide bonds. The number of hydrogen-bond donors (Lipinski definition) is 0. The molecule has 114 valence electrons. The van der Waals surface area contributed by atoms with E-state index in [1.165, 1.54) is 0 Å². The number of ether oxygens (including phenoxy) is 1. The van der Waals surface area contributed by atoms with Crippen molar-refractivity contribution in [2.75, 3.05) is 6.61 Å². The summed E-state index contributed by atoms with van der Waals surface area (Å²) in [6, 6.07) is 21.5. The maximum absolute atomic E-state index is 12.2. The number of nitrogens with zero attached hydrogens (tertiary/aromatic N) is 1. The molecule has 3 heteroatoms. The van der Waals surface area contributed by atoms with Gasteiger partial charge in [0, 0.05) is 11.8 Å². The zero-order valence-corrected chi connectivity index (χ0v) is 12.9. The molecule has 1 heterocycles. The fraction of sp³-hybridized carbons (Fsp3) is 0.100. The van der Waals surface area contributed by atoms with Crippen LogP contribution >= 0.6 is 0 Å². The van der Waals surface area contributed by atoms with Crippen LogP contribution in [-0.4, -0.2) is 17.6 Å². The van der Waals surface area contributed by atoms with Crippen molar-refractivity contribution in [2.24, 2.45) is 0 Å². The van der Waals surface area contributed by atoms with Crippen LogP contribution in [0.5, 0.6) is 0 Å². The Morgan fingerprint density at radius 2 is 1.61 bits per heavy atom. The average molecular weight is 303 g/mol. The number of aromatic nitrogens is 1. The first-order chi connectivity index (χ1) is 11.3. The van der Waals surface area contributed by atoms with Gasteiger partial charge in [-0.1, -0.05) is 54.6 Å². The van der Waals surface area contributed by atoms with Gasteiger partial charge in [0.2, 0.25) is 0 Å². The van der Waals surface area contributed by atoms with Gasteiger partial charge in [0.15, 0.2) is 0 Å². The van der Waals surface area contributed by atoms with E-state index in [2.05, 4.69) is 4.98 Å². The van der Waals surface area contributed by atoms with Crippen molar-refractivity contribution in [3.8, 4) is 22.4 Å². The Labute approximate surface area is 135 Å². The predicted octanol–water partition coefficient (Wildman–Crippen LogP) is 4.59. The molecule has 0 unspecified atom stereocenters. The molecule has 0 aliphatic heterocycles. The Balaban J connectivity index is 2.16. The zero-order valence-electron chi connectivity index (χ0n) is 12.9. The van der Waals surface area contributed by atoms with Crippen LogP contribution in [0.4, 0.5) is 0 Å². The first-order valence-electron chi connectivity index (χ1n) is 7.58. The van der Waals surface area contributed by atoms with Crippen LogP contribution in [0.2, 0.25) is 0 Å². The van der Waals surface area contributed by atoms with Crippen LogP contribution in [0, 0.1) is 0 Å². The van der Waals surface area contributed by atoms with E-state index in [1.54, 1.807) is 25.3 Å². The van der Waals surface area contributed by atoms with Crippen molar-refractivity contribution in [2.45, 2.75) is 6.92 Å². The largest absolute Gasteiger partial charge is 0.462 e. The lowest BCUT2D eigenvalue weighted by Gasteiger charge is -2.12. The summed E-state index contributed by atoms with van der Waals surface area (Å²) in [6.45, 7) is 2.14. The lowest BCUT2D eigenvalue weighted by atomic mass is 9.95. The number of esters is 1. The summed E-state index contributed by atoms with van der Waals surface area (Å²) >= 11 is 0. The molecule has 0 radical (unpaired) electrons. The number of rotatable bonds is 4. The van der Waals surface area contributed by atoms with E-state index in [4.69, 9.17) is 4.74 Å². The van der Waals surface area contributed by atoms with Crippen LogP contribution in [0.25, 0.3) is 22.4 Å². The summed E-state index contributed by atoms with van der Waals surface area (Å²) in [5.74, 6) is -0.349. The summed E-state index contributed by atoms with van der Waals surface area (Å²) in [4.78, 5) is 16.7. The summed E-state index contributed by atoms with van der Waals surface area (Å²) in [7, 11) is 0. The molecule has 0 saturated heterocycles. The lowest BCUT2D eigenvalue weighted by molar-refractivity contribution is 0.0527. The van der Waals surface area contributed by atoms with Crippen LogP contribution < -0.4 is 0 Å². The molecule has 0 spiro atoms. The maximum Gasteiger partial charge on any atom is 0.340 e. The number of pyridine rings is 1. The van der Waals surface area contributed by atoms with Crippen molar-refractivity contribution < 1.29 is 9.53 Å². The number of carbonyl (C=O) groups is 1. The van der Waals surface area contributed by atoms with E-state index in [1.807, 2.05) is 54.6 Å². The molecule has 0 bridgehead atoms. The number of carbonyl (C=O) groups excluding carboxylic acids is 1. The highest BCUT2D eigenvalue weighted by Gasteiger charge is 2.17. The van der Waals surface area contributed by atoms with Gasteiger partial charge >= 0.3 is 5.97 Å². The summed E-state index contributed by atoms with van der Waals surface area (Å²) in [5.41, 5.74) is 4.17. The van der Waals surface area contributed by atoms with Crippen molar-refractivity contribution in [1.29, 1.82) is 0 Å². The molecule has 0 atom stereocenters. The Kier molecular flexibility index (Phi) is 4.48. The average Bonchev–Trinajstić information content (AvgIpc) is 2.63. The topological polar surface area (TPSA) is 39.2 Å². The highest BCUT2D eigenvalue weighted by molar-refractivity contribution is 5.98. The standard InChI is InChI=1S/C20H17NO2/c1-2-23-20(22)18-13-8-14-21-19(18)17-12-7-6-11-16(17)15-9-4-3-5-10-15/h3-14H,2H2,1H3. The molecule has 0 saturated carbocycles. The van der Waals surface area contributed by atoms with Gasteiger partial charge in [-0.2, -0.15) is 0 Å². The van der Waals surface area contributed by atoms with E-state index >= 15 is 0 Å². The second-order valence-electron chi connectivity index (χ2n) is 5.03. The molecular weight excluding hydrogens is 286 g/mol. The van der Waals surface area contributed by atoms with E-state index in [0.29, 0.717) is 17.9 Å². The van der Waals surface area contributed by atoms with Crippen molar-refractivity contribution in [3.63, 3.8) is 0 Å². The fourth-order valence-electron chi connectivity index (χ4n) is 2.55. The molecule has 0 aliphatic rings. The van der Waals surface area contributed by atoms with Gasteiger partial charge in [0.1, 0.15) is 0 Å². The molecule has 0 N–H and O–H groups in total. The second kappa shape index (κ2) is 6.88. The summed E-state index contributed by atoms with van der Waals surface area (Å²) in [5, 5.41) is 0. The maximum atomic E-state index is 12.2. The third-order valence-corrected chi connectivity index (χ3v) is 3.57. The molecule has 1 aromatic heterocycles. The smallest absolute Gasteiger partial charge is 0.340 e. The van der Waals surface area contributed by atoms with Gasteiger partial charge in [-0.25, -0.2) is 4.79 Å². The van der Waals surface area contributed by atoms with Crippen molar-refractivity contribution in [3.05, 3.63) is 78.5 Å². The van der Waals surface area contributed by atoms with Crippen LogP contribution in [-0.2, 0) is 4.74 Å². The minimum absolute atomic E-state index is 0.341. The van der Waals surface area contributed by atoms with Gasteiger partial charge in [0.25, 0.3) is 0 Å². The Morgan fingerprint density at radius 3 is 2.35 bits per heavy atom. The van der Waals surface area contributed by atoms with Gasteiger partial charge in [-0.05, 0) is 30.2 Å². The lowest BCUT2D eigenvalue weighted by Crippen LogP contribution is -2.07. The van der Waals surface area contributed by atoms with Crippen LogP contribution in [0.15, 0.2) is 72.9 Å². The van der Waals surface area contributed by atoms with E-state index in [0.717, 1.165) is 16.7 Å².